The van der Waals surface area contributed by atoms with E-state index >= 15 is 0 Å². The minimum atomic E-state index is -1.12. The lowest BCUT2D eigenvalue weighted by molar-refractivity contribution is 0.0697. The molecule has 2 rings (SSSR count). The number of nitrogens with zero attached hydrogens (tertiary/aromatic N) is 1. The number of halogens is 4. The zero-order chi connectivity index (χ0) is 14.2. The summed E-state index contributed by atoms with van der Waals surface area (Å²) in [5.41, 5.74) is 0.696. The Morgan fingerprint density at radius 1 is 1.11 bits per heavy atom. The molecule has 0 bridgehead atoms. The van der Waals surface area contributed by atoms with Gasteiger partial charge in [0.1, 0.15) is 5.15 Å². The van der Waals surface area contributed by atoms with Crippen LogP contribution in [0.1, 0.15) is 10.4 Å². The maximum Gasteiger partial charge on any atom is 0.336 e. The summed E-state index contributed by atoms with van der Waals surface area (Å²) in [6.45, 7) is 0. The summed E-state index contributed by atoms with van der Waals surface area (Å²) in [5, 5.41) is 9.83. The van der Waals surface area contributed by atoms with E-state index in [1.807, 2.05) is 0 Å². The van der Waals surface area contributed by atoms with E-state index in [1.54, 1.807) is 0 Å². The van der Waals surface area contributed by atoms with Gasteiger partial charge in [-0.2, -0.15) is 0 Å². The summed E-state index contributed by atoms with van der Waals surface area (Å²) in [4.78, 5) is 15.1. The first kappa shape index (κ1) is 14.4. The van der Waals surface area contributed by atoms with E-state index < -0.39 is 5.97 Å². The van der Waals surface area contributed by atoms with Crippen molar-refractivity contribution < 1.29 is 9.90 Å². The second-order valence-corrected chi connectivity index (χ2v) is 5.13. The van der Waals surface area contributed by atoms with Crippen LogP contribution in [0.15, 0.2) is 24.4 Å². The molecule has 0 amide bonds. The highest BCUT2D eigenvalue weighted by atomic mass is 35.5. The Labute approximate surface area is 128 Å². The molecule has 0 saturated carbocycles. The largest absolute Gasteiger partial charge is 0.478 e. The molecule has 1 heterocycles. The van der Waals surface area contributed by atoms with Crippen molar-refractivity contribution in [2.45, 2.75) is 0 Å². The predicted octanol–water partition coefficient (Wildman–Crippen LogP) is 5.06. The van der Waals surface area contributed by atoms with Gasteiger partial charge in [-0.1, -0.05) is 46.4 Å². The molecule has 0 fully saturated rings. The summed E-state index contributed by atoms with van der Waals surface area (Å²) in [7, 11) is 0. The van der Waals surface area contributed by atoms with E-state index in [0.717, 1.165) is 0 Å². The van der Waals surface area contributed by atoms with Gasteiger partial charge in [-0.3, -0.25) is 0 Å². The lowest BCUT2D eigenvalue weighted by Gasteiger charge is -2.10. The van der Waals surface area contributed by atoms with E-state index in [9.17, 15) is 4.79 Å². The van der Waals surface area contributed by atoms with Gasteiger partial charge in [0.15, 0.2) is 0 Å². The van der Waals surface area contributed by atoms with Crippen molar-refractivity contribution in [3.63, 3.8) is 0 Å². The molecule has 0 unspecified atom stereocenters. The molecule has 0 aliphatic rings. The first-order valence-corrected chi connectivity index (χ1v) is 6.45. The molecule has 0 aliphatic heterocycles. The van der Waals surface area contributed by atoms with Gasteiger partial charge in [-0.25, -0.2) is 9.78 Å². The molecule has 2 aromatic rings. The highest BCUT2D eigenvalue weighted by molar-refractivity contribution is 6.48. The van der Waals surface area contributed by atoms with Gasteiger partial charge in [0.25, 0.3) is 0 Å². The number of hydrogen-bond donors (Lipinski definition) is 1. The standard InChI is InChI=1S/C12H5Cl4NO2/c13-7-3-5(4-8(14)10(7)15)9-6(12(18)19)1-2-17-11(9)16/h1-4H,(H,18,19). The number of carboxylic acid groups (broad SMARTS) is 1. The van der Waals surface area contributed by atoms with Gasteiger partial charge in [0.2, 0.25) is 0 Å². The maximum absolute atomic E-state index is 11.2. The van der Waals surface area contributed by atoms with Crippen LogP contribution in [0.5, 0.6) is 0 Å². The number of pyridine rings is 1. The quantitative estimate of drug-likeness (QED) is 0.616. The smallest absolute Gasteiger partial charge is 0.336 e. The molecule has 98 valence electrons. The highest BCUT2D eigenvalue weighted by Crippen LogP contribution is 2.38. The van der Waals surface area contributed by atoms with Crippen LogP contribution in [0.3, 0.4) is 0 Å². The van der Waals surface area contributed by atoms with Crippen LogP contribution >= 0.6 is 46.4 Å². The number of aromatic carboxylic acids is 1. The third-order valence-corrected chi connectivity index (χ3v) is 3.89. The summed E-state index contributed by atoms with van der Waals surface area (Å²) in [6.07, 6.45) is 1.31. The van der Waals surface area contributed by atoms with Crippen LogP contribution in [0.2, 0.25) is 20.2 Å². The van der Waals surface area contributed by atoms with Crippen molar-refractivity contribution in [2.75, 3.05) is 0 Å². The average molecular weight is 337 g/mol. The second kappa shape index (κ2) is 5.55. The van der Waals surface area contributed by atoms with Crippen molar-refractivity contribution in [2.24, 2.45) is 0 Å². The zero-order valence-electron chi connectivity index (χ0n) is 9.12. The summed E-state index contributed by atoms with van der Waals surface area (Å²) in [5.74, 6) is -1.12. The predicted molar refractivity (Wildman–Crippen MR) is 76.7 cm³/mol. The van der Waals surface area contributed by atoms with Crippen molar-refractivity contribution in [1.82, 2.24) is 4.98 Å². The van der Waals surface area contributed by atoms with Crippen molar-refractivity contribution in [1.29, 1.82) is 0 Å². The van der Waals surface area contributed by atoms with Crippen molar-refractivity contribution in [3.8, 4) is 11.1 Å². The Morgan fingerprint density at radius 3 is 2.21 bits per heavy atom. The maximum atomic E-state index is 11.2. The first-order chi connectivity index (χ1) is 8.91. The van der Waals surface area contributed by atoms with Crippen LogP contribution in [0.4, 0.5) is 0 Å². The summed E-state index contributed by atoms with van der Waals surface area (Å²) in [6, 6.07) is 4.33. The number of carbonyl (C=O) groups is 1. The number of carboxylic acids is 1. The fraction of sp³-hybridized carbons (Fsp3) is 0. The fourth-order valence-electron chi connectivity index (χ4n) is 1.59. The SMILES string of the molecule is O=C(O)c1ccnc(Cl)c1-c1cc(Cl)c(Cl)c(Cl)c1. The van der Waals surface area contributed by atoms with Crippen LogP contribution in [-0.4, -0.2) is 16.1 Å². The Bertz CT molecular complexity index is 650. The molecule has 0 spiro atoms. The highest BCUT2D eigenvalue weighted by Gasteiger charge is 2.18. The Hall–Kier alpha value is -1.000. The van der Waals surface area contributed by atoms with Gasteiger partial charge >= 0.3 is 5.97 Å². The lowest BCUT2D eigenvalue weighted by atomic mass is 10.0. The van der Waals surface area contributed by atoms with Gasteiger partial charge in [0, 0.05) is 11.8 Å². The third-order valence-electron chi connectivity index (χ3n) is 2.41. The van der Waals surface area contributed by atoms with E-state index in [4.69, 9.17) is 51.5 Å². The molecule has 1 aromatic carbocycles. The normalized spacial score (nSPS) is 10.5. The molecular weight excluding hydrogens is 332 g/mol. The van der Waals surface area contributed by atoms with E-state index in [1.165, 1.54) is 24.4 Å². The number of hydrogen-bond acceptors (Lipinski definition) is 2. The summed E-state index contributed by atoms with van der Waals surface area (Å²) < 4.78 is 0. The molecule has 0 aliphatic carbocycles. The summed E-state index contributed by atoms with van der Waals surface area (Å²) >= 11 is 23.7. The molecule has 3 nitrogen and oxygen atoms in total. The molecule has 1 N–H and O–H groups in total. The topological polar surface area (TPSA) is 50.2 Å². The molecule has 0 radical (unpaired) electrons. The minimum Gasteiger partial charge on any atom is -0.478 e. The third kappa shape index (κ3) is 2.79. The molecule has 0 saturated heterocycles. The van der Waals surface area contributed by atoms with Crippen LogP contribution < -0.4 is 0 Å². The van der Waals surface area contributed by atoms with Crippen LogP contribution in [-0.2, 0) is 0 Å². The number of rotatable bonds is 2. The monoisotopic (exact) mass is 335 g/mol. The number of aromatic nitrogens is 1. The lowest BCUT2D eigenvalue weighted by Crippen LogP contribution is -2.01. The van der Waals surface area contributed by atoms with E-state index in [-0.39, 0.29) is 31.3 Å². The molecule has 1 aromatic heterocycles. The van der Waals surface area contributed by atoms with Gasteiger partial charge in [0.05, 0.1) is 20.6 Å². The Morgan fingerprint density at radius 2 is 1.68 bits per heavy atom. The second-order valence-electron chi connectivity index (χ2n) is 3.58. The molecular formula is C12H5Cl4NO2. The number of benzene rings is 1. The van der Waals surface area contributed by atoms with Gasteiger partial charge in [-0.15, -0.1) is 0 Å². The van der Waals surface area contributed by atoms with E-state index in [2.05, 4.69) is 4.98 Å². The molecule has 19 heavy (non-hydrogen) atoms. The van der Waals surface area contributed by atoms with Crippen molar-refractivity contribution >= 4 is 52.4 Å². The van der Waals surface area contributed by atoms with Gasteiger partial charge in [-0.05, 0) is 23.8 Å². The average Bonchev–Trinajstić information content (AvgIpc) is 2.35. The van der Waals surface area contributed by atoms with E-state index in [0.29, 0.717) is 5.56 Å². The van der Waals surface area contributed by atoms with Crippen LogP contribution in [0, 0.1) is 0 Å². The molecule has 0 atom stereocenters. The van der Waals surface area contributed by atoms with Crippen LogP contribution in [0.25, 0.3) is 11.1 Å². The zero-order valence-corrected chi connectivity index (χ0v) is 12.1. The minimum absolute atomic E-state index is 0.00876. The Kier molecular flexibility index (Phi) is 4.21. The molecule has 7 heteroatoms. The van der Waals surface area contributed by atoms with Gasteiger partial charge < -0.3 is 5.11 Å². The van der Waals surface area contributed by atoms with Crippen molar-refractivity contribution in [3.05, 3.63) is 50.2 Å². The Balaban J connectivity index is 2.75. The first-order valence-electron chi connectivity index (χ1n) is 4.94. The fourth-order valence-corrected chi connectivity index (χ4v) is 2.45.